The molecule has 3 aromatic rings. The van der Waals surface area contributed by atoms with E-state index in [-0.39, 0.29) is 24.1 Å². The summed E-state index contributed by atoms with van der Waals surface area (Å²) in [6.45, 7) is 3.83. The minimum atomic E-state index is -0.353. The first-order valence-corrected chi connectivity index (χ1v) is 8.47. The predicted molar refractivity (Wildman–Crippen MR) is 100 cm³/mol. The Bertz CT molecular complexity index is 991. The third kappa shape index (κ3) is 4.28. The van der Waals surface area contributed by atoms with Crippen LogP contribution in [0.15, 0.2) is 54.6 Å². The summed E-state index contributed by atoms with van der Waals surface area (Å²) in [6.07, 6.45) is 3.07. The highest BCUT2D eigenvalue weighted by Crippen LogP contribution is 2.19. The maximum absolute atomic E-state index is 13.6. The number of rotatable bonds is 5. The van der Waals surface area contributed by atoms with Crippen LogP contribution in [0.3, 0.4) is 0 Å². The molecule has 0 bridgehead atoms. The zero-order valence-electron chi connectivity index (χ0n) is 15.0. The topological polar surface area (TPSA) is 46.9 Å². The lowest BCUT2D eigenvalue weighted by atomic mass is 10.1. The van der Waals surface area contributed by atoms with Crippen LogP contribution in [0.1, 0.15) is 22.5 Å². The Labute approximate surface area is 156 Å². The summed E-state index contributed by atoms with van der Waals surface area (Å²) in [5.41, 5.74) is 3.55. The van der Waals surface area contributed by atoms with E-state index in [9.17, 15) is 13.6 Å². The molecule has 138 valence electrons. The molecule has 0 radical (unpaired) electrons. The van der Waals surface area contributed by atoms with Gasteiger partial charge < -0.3 is 5.32 Å². The molecule has 1 amide bonds. The van der Waals surface area contributed by atoms with E-state index in [4.69, 9.17) is 0 Å². The highest BCUT2D eigenvalue weighted by Gasteiger charge is 2.11. The standard InChI is InChI=1S/C21H19F2N3O/c1-14-19(15(2)26(25-14)18-9-7-17(22)8-10-18)11-12-21(27)24-13-16-5-3-4-6-20(16)23/h3-12H,13H2,1-2H3,(H,24,27)/b12-11+. The van der Waals surface area contributed by atoms with Gasteiger partial charge in [0, 0.05) is 29.4 Å². The first kappa shape index (κ1) is 18.5. The van der Waals surface area contributed by atoms with Crippen LogP contribution < -0.4 is 5.32 Å². The van der Waals surface area contributed by atoms with Crippen molar-refractivity contribution in [1.82, 2.24) is 15.1 Å². The summed E-state index contributed by atoms with van der Waals surface area (Å²) in [4.78, 5) is 12.0. The van der Waals surface area contributed by atoms with Crippen molar-refractivity contribution in [3.8, 4) is 5.69 Å². The van der Waals surface area contributed by atoms with E-state index in [1.54, 1.807) is 41.1 Å². The molecule has 4 nitrogen and oxygen atoms in total. The van der Waals surface area contributed by atoms with Crippen LogP contribution in [0.25, 0.3) is 11.8 Å². The van der Waals surface area contributed by atoms with Crippen LogP contribution in [-0.4, -0.2) is 15.7 Å². The van der Waals surface area contributed by atoms with Gasteiger partial charge in [-0.05, 0) is 50.3 Å². The summed E-state index contributed by atoms with van der Waals surface area (Å²) in [5.74, 6) is -0.993. The summed E-state index contributed by atoms with van der Waals surface area (Å²) < 4.78 is 28.4. The van der Waals surface area contributed by atoms with Gasteiger partial charge in [0.25, 0.3) is 0 Å². The molecule has 0 atom stereocenters. The number of aryl methyl sites for hydroxylation is 1. The Balaban J connectivity index is 1.72. The average molecular weight is 367 g/mol. The van der Waals surface area contributed by atoms with Crippen molar-refractivity contribution < 1.29 is 13.6 Å². The molecule has 2 aromatic carbocycles. The van der Waals surface area contributed by atoms with Gasteiger partial charge in [-0.1, -0.05) is 18.2 Å². The third-order valence-electron chi connectivity index (χ3n) is 4.23. The van der Waals surface area contributed by atoms with Crippen molar-refractivity contribution in [3.63, 3.8) is 0 Å². The van der Waals surface area contributed by atoms with E-state index in [1.807, 2.05) is 13.8 Å². The van der Waals surface area contributed by atoms with Crippen molar-refractivity contribution in [3.05, 3.63) is 88.8 Å². The number of benzene rings is 2. The van der Waals surface area contributed by atoms with Gasteiger partial charge in [-0.25, -0.2) is 13.5 Å². The summed E-state index contributed by atoms with van der Waals surface area (Å²) >= 11 is 0. The number of aromatic nitrogens is 2. The number of amides is 1. The Morgan fingerprint density at radius 1 is 1.11 bits per heavy atom. The van der Waals surface area contributed by atoms with Gasteiger partial charge in [0.15, 0.2) is 0 Å². The van der Waals surface area contributed by atoms with Crippen molar-refractivity contribution in [1.29, 1.82) is 0 Å². The molecule has 1 heterocycles. The van der Waals surface area contributed by atoms with Gasteiger partial charge in [-0.2, -0.15) is 5.10 Å². The first-order chi connectivity index (χ1) is 13.0. The average Bonchev–Trinajstić information content (AvgIpc) is 2.94. The van der Waals surface area contributed by atoms with E-state index in [0.717, 1.165) is 22.6 Å². The van der Waals surface area contributed by atoms with Crippen LogP contribution in [0.5, 0.6) is 0 Å². The lowest BCUT2D eigenvalue weighted by molar-refractivity contribution is -0.116. The van der Waals surface area contributed by atoms with E-state index >= 15 is 0 Å². The highest BCUT2D eigenvalue weighted by atomic mass is 19.1. The van der Waals surface area contributed by atoms with Crippen LogP contribution in [0.4, 0.5) is 8.78 Å². The SMILES string of the molecule is Cc1nn(-c2ccc(F)cc2)c(C)c1/C=C/C(=O)NCc1ccccc1F. The summed E-state index contributed by atoms with van der Waals surface area (Å²) in [5, 5.41) is 7.11. The molecule has 0 aliphatic heterocycles. The van der Waals surface area contributed by atoms with E-state index < -0.39 is 0 Å². The highest BCUT2D eigenvalue weighted by molar-refractivity contribution is 5.92. The van der Waals surface area contributed by atoms with Crippen molar-refractivity contribution in [2.45, 2.75) is 20.4 Å². The molecule has 0 aliphatic rings. The maximum Gasteiger partial charge on any atom is 0.244 e. The zero-order chi connectivity index (χ0) is 19.4. The fourth-order valence-corrected chi connectivity index (χ4v) is 2.77. The number of carbonyl (C=O) groups excluding carboxylic acids is 1. The van der Waals surface area contributed by atoms with Crippen molar-refractivity contribution >= 4 is 12.0 Å². The van der Waals surface area contributed by atoms with Gasteiger partial charge in [-0.3, -0.25) is 4.79 Å². The van der Waals surface area contributed by atoms with Gasteiger partial charge in [0.2, 0.25) is 5.91 Å². The Kier molecular flexibility index (Phi) is 5.45. The normalized spacial score (nSPS) is 11.1. The molecule has 0 saturated carbocycles. The molecule has 0 saturated heterocycles. The minimum Gasteiger partial charge on any atom is -0.348 e. The molecule has 0 unspecified atom stereocenters. The lowest BCUT2D eigenvalue weighted by Gasteiger charge is -2.04. The monoisotopic (exact) mass is 367 g/mol. The van der Waals surface area contributed by atoms with Crippen LogP contribution in [0, 0.1) is 25.5 Å². The molecule has 0 spiro atoms. The third-order valence-corrected chi connectivity index (χ3v) is 4.23. The number of nitrogens with zero attached hydrogens (tertiary/aromatic N) is 2. The van der Waals surface area contributed by atoms with E-state index in [1.165, 1.54) is 24.3 Å². The van der Waals surface area contributed by atoms with Crippen molar-refractivity contribution in [2.75, 3.05) is 0 Å². The fraction of sp³-hybridized carbons (Fsp3) is 0.143. The van der Waals surface area contributed by atoms with Gasteiger partial charge >= 0.3 is 0 Å². The predicted octanol–water partition coefficient (Wildman–Crippen LogP) is 4.10. The second kappa shape index (κ2) is 7.95. The van der Waals surface area contributed by atoms with Gasteiger partial charge in [0.05, 0.1) is 11.4 Å². The van der Waals surface area contributed by atoms with Crippen LogP contribution >= 0.6 is 0 Å². The number of hydrogen-bond acceptors (Lipinski definition) is 2. The second-order valence-corrected chi connectivity index (χ2v) is 6.12. The molecule has 27 heavy (non-hydrogen) atoms. The van der Waals surface area contributed by atoms with Gasteiger partial charge in [-0.15, -0.1) is 0 Å². The smallest absolute Gasteiger partial charge is 0.244 e. The molecular formula is C21H19F2N3O. The Hall–Kier alpha value is -3.28. The molecule has 0 aliphatic carbocycles. The van der Waals surface area contributed by atoms with E-state index in [0.29, 0.717) is 5.56 Å². The molecule has 0 fully saturated rings. The molecular weight excluding hydrogens is 348 g/mol. The summed E-state index contributed by atoms with van der Waals surface area (Å²) in [6, 6.07) is 12.3. The summed E-state index contributed by atoms with van der Waals surface area (Å²) in [7, 11) is 0. The molecule has 1 N–H and O–H groups in total. The molecule has 6 heteroatoms. The Morgan fingerprint density at radius 3 is 2.52 bits per heavy atom. The number of nitrogens with one attached hydrogen (secondary N) is 1. The maximum atomic E-state index is 13.6. The van der Waals surface area contributed by atoms with Crippen LogP contribution in [-0.2, 0) is 11.3 Å². The number of hydrogen-bond donors (Lipinski definition) is 1. The van der Waals surface area contributed by atoms with Crippen molar-refractivity contribution in [2.24, 2.45) is 0 Å². The fourth-order valence-electron chi connectivity index (χ4n) is 2.77. The van der Waals surface area contributed by atoms with Crippen LogP contribution in [0.2, 0.25) is 0 Å². The largest absolute Gasteiger partial charge is 0.348 e. The Morgan fingerprint density at radius 2 is 1.81 bits per heavy atom. The molecule has 1 aromatic heterocycles. The lowest BCUT2D eigenvalue weighted by Crippen LogP contribution is -2.20. The number of halogens is 2. The van der Waals surface area contributed by atoms with Gasteiger partial charge in [0.1, 0.15) is 11.6 Å². The van der Waals surface area contributed by atoms with E-state index in [2.05, 4.69) is 10.4 Å². The second-order valence-electron chi connectivity index (χ2n) is 6.12. The first-order valence-electron chi connectivity index (χ1n) is 8.47. The quantitative estimate of drug-likeness (QED) is 0.690. The minimum absolute atomic E-state index is 0.114. The molecule has 3 rings (SSSR count). The number of carbonyl (C=O) groups is 1. The zero-order valence-corrected chi connectivity index (χ0v) is 15.0.